The number of nitrogens with zero attached hydrogens (tertiary/aromatic N) is 2. The molecule has 3 nitrogen and oxygen atoms in total. The zero-order chi connectivity index (χ0) is 8.43. The van der Waals surface area contributed by atoms with Crippen molar-refractivity contribution >= 4 is 17.9 Å². The third-order valence-corrected chi connectivity index (χ3v) is 1.68. The highest BCUT2D eigenvalue weighted by molar-refractivity contribution is 6.31. The fourth-order valence-corrected chi connectivity index (χ4v) is 0.882. The van der Waals surface area contributed by atoms with Crippen LogP contribution in [0.15, 0.2) is 0 Å². The first-order valence-electron chi connectivity index (χ1n) is 3.11. The summed E-state index contributed by atoms with van der Waals surface area (Å²) in [7, 11) is 0. The largest absolute Gasteiger partial charge is 0.296 e. The first kappa shape index (κ1) is 8.14. The minimum absolute atomic E-state index is 0.170. The molecule has 0 amide bonds. The lowest BCUT2D eigenvalue weighted by Crippen LogP contribution is -1.98. The van der Waals surface area contributed by atoms with Gasteiger partial charge in [0.25, 0.3) is 0 Å². The van der Waals surface area contributed by atoms with E-state index in [0.29, 0.717) is 6.29 Å². The smallest absolute Gasteiger partial charge is 0.171 e. The van der Waals surface area contributed by atoms with E-state index in [1.54, 1.807) is 13.8 Å². The average molecular weight is 171 g/mol. The molecule has 1 aromatic rings. The maximum Gasteiger partial charge on any atom is 0.171 e. The monoisotopic (exact) mass is 170 g/mol. The van der Waals surface area contributed by atoms with E-state index in [4.69, 9.17) is 11.6 Å². The molecule has 0 radical (unpaired) electrons. The van der Waals surface area contributed by atoms with Crippen LogP contribution in [0.4, 0.5) is 0 Å². The summed E-state index contributed by atoms with van der Waals surface area (Å²) in [5, 5.41) is 0.170. The van der Waals surface area contributed by atoms with Gasteiger partial charge in [-0.25, -0.2) is 9.97 Å². The third kappa shape index (κ3) is 1.54. The second kappa shape index (κ2) is 2.96. The van der Waals surface area contributed by atoms with Crippen molar-refractivity contribution in [3.05, 3.63) is 22.2 Å². The molecule has 0 atom stereocenters. The number of carbonyl (C=O) groups is 1. The van der Waals surface area contributed by atoms with E-state index in [-0.39, 0.29) is 10.8 Å². The SMILES string of the molecule is Cc1nc(Cl)c(C=O)nc1C. The predicted octanol–water partition coefficient (Wildman–Crippen LogP) is 1.56. The van der Waals surface area contributed by atoms with Gasteiger partial charge in [-0.05, 0) is 13.8 Å². The fraction of sp³-hybridized carbons (Fsp3) is 0.286. The molecular formula is C7H7ClN2O. The van der Waals surface area contributed by atoms with E-state index in [1.165, 1.54) is 0 Å². The maximum absolute atomic E-state index is 10.3. The van der Waals surface area contributed by atoms with Crippen molar-refractivity contribution in [3.8, 4) is 0 Å². The summed E-state index contributed by atoms with van der Waals surface area (Å²) in [6, 6.07) is 0. The summed E-state index contributed by atoms with van der Waals surface area (Å²) in [5.41, 5.74) is 1.69. The van der Waals surface area contributed by atoms with E-state index >= 15 is 0 Å². The number of halogens is 1. The standard InChI is InChI=1S/C7H7ClN2O/c1-4-5(2)10-7(8)6(3-11)9-4/h3H,1-2H3. The van der Waals surface area contributed by atoms with Crippen LogP contribution in [0.2, 0.25) is 5.15 Å². The van der Waals surface area contributed by atoms with Crippen LogP contribution in [0.1, 0.15) is 21.9 Å². The molecule has 0 aliphatic rings. The molecule has 0 bridgehead atoms. The summed E-state index contributed by atoms with van der Waals surface area (Å²) >= 11 is 5.60. The van der Waals surface area contributed by atoms with Crippen LogP contribution >= 0.6 is 11.6 Å². The van der Waals surface area contributed by atoms with Crippen LogP contribution in [0.5, 0.6) is 0 Å². The molecule has 1 rings (SSSR count). The van der Waals surface area contributed by atoms with Crippen molar-refractivity contribution in [1.82, 2.24) is 9.97 Å². The van der Waals surface area contributed by atoms with Gasteiger partial charge >= 0.3 is 0 Å². The van der Waals surface area contributed by atoms with Crippen LogP contribution in [-0.4, -0.2) is 16.3 Å². The molecule has 0 fully saturated rings. The number of carbonyl (C=O) groups excluding carboxylic acids is 1. The van der Waals surface area contributed by atoms with E-state index in [2.05, 4.69) is 9.97 Å². The van der Waals surface area contributed by atoms with E-state index in [9.17, 15) is 4.79 Å². The Labute approximate surface area is 69.4 Å². The Kier molecular flexibility index (Phi) is 2.19. The lowest BCUT2D eigenvalue weighted by molar-refractivity contribution is 0.111. The Balaban J connectivity index is 3.31. The first-order valence-corrected chi connectivity index (χ1v) is 3.49. The Hall–Kier alpha value is -0.960. The number of aryl methyl sites for hydroxylation is 2. The lowest BCUT2D eigenvalue weighted by Gasteiger charge is -1.99. The van der Waals surface area contributed by atoms with Crippen LogP contribution in [-0.2, 0) is 0 Å². The molecule has 0 spiro atoms. The number of hydrogen-bond acceptors (Lipinski definition) is 3. The van der Waals surface area contributed by atoms with Gasteiger partial charge in [-0.15, -0.1) is 0 Å². The number of aldehydes is 1. The summed E-state index contributed by atoms with van der Waals surface area (Å²) < 4.78 is 0. The van der Waals surface area contributed by atoms with Gasteiger partial charge in [0, 0.05) is 0 Å². The molecule has 0 aliphatic heterocycles. The van der Waals surface area contributed by atoms with Crippen LogP contribution in [0.3, 0.4) is 0 Å². The van der Waals surface area contributed by atoms with Gasteiger partial charge in [0.2, 0.25) is 0 Å². The lowest BCUT2D eigenvalue weighted by atomic mass is 10.3. The second-order valence-electron chi connectivity index (χ2n) is 2.19. The van der Waals surface area contributed by atoms with Gasteiger partial charge in [0.15, 0.2) is 11.4 Å². The molecule has 0 aliphatic carbocycles. The van der Waals surface area contributed by atoms with Gasteiger partial charge in [0.05, 0.1) is 11.4 Å². The highest BCUT2D eigenvalue weighted by Gasteiger charge is 2.04. The second-order valence-corrected chi connectivity index (χ2v) is 2.55. The molecule has 1 aromatic heterocycles. The van der Waals surface area contributed by atoms with Gasteiger partial charge in [-0.3, -0.25) is 4.79 Å². The summed E-state index contributed by atoms with van der Waals surface area (Å²) in [4.78, 5) is 18.1. The molecule has 58 valence electrons. The normalized spacial score (nSPS) is 9.73. The van der Waals surface area contributed by atoms with Crippen LogP contribution in [0.25, 0.3) is 0 Å². The van der Waals surface area contributed by atoms with E-state index in [1.807, 2.05) is 0 Å². The minimum Gasteiger partial charge on any atom is -0.296 e. The average Bonchev–Trinajstić information content (AvgIpc) is 1.97. The summed E-state index contributed by atoms with van der Waals surface area (Å²) in [6.07, 6.45) is 0.599. The molecular weight excluding hydrogens is 164 g/mol. The third-order valence-electron chi connectivity index (χ3n) is 1.40. The zero-order valence-corrected chi connectivity index (χ0v) is 7.01. The van der Waals surface area contributed by atoms with Crippen molar-refractivity contribution < 1.29 is 4.79 Å². The topological polar surface area (TPSA) is 42.9 Å². The van der Waals surface area contributed by atoms with E-state index in [0.717, 1.165) is 11.4 Å². The van der Waals surface area contributed by atoms with Gasteiger partial charge in [-0.1, -0.05) is 11.6 Å². The van der Waals surface area contributed by atoms with Crippen molar-refractivity contribution in [2.45, 2.75) is 13.8 Å². The highest BCUT2D eigenvalue weighted by atomic mass is 35.5. The minimum atomic E-state index is 0.170. The predicted molar refractivity (Wildman–Crippen MR) is 41.9 cm³/mol. The molecule has 11 heavy (non-hydrogen) atoms. The number of aromatic nitrogens is 2. The van der Waals surface area contributed by atoms with Crippen LogP contribution < -0.4 is 0 Å². The fourth-order valence-electron chi connectivity index (χ4n) is 0.668. The molecule has 0 saturated heterocycles. The molecule has 0 N–H and O–H groups in total. The zero-order valence-electron chi connectivity index (χ0n) is 6.26. The van der Waals surface area contributed by atoms with Gasteiger partial charge in [-0.2, -0.15) is 0 Å². The quantitative estimate of drug-likeness (QED) is 0.601. The summed E-state index contributed by atoms with van der Waals surface area (Å²) in [6.45, 7) is 3.58. The van der Waals surface area contributed by atoms with E-state index < -0.39 is 0 Å². The van der Waals surface area contributed by atoms with Gasteiger partial charge < -0.3 is 0 Å². The Morgan fingerprint density at radius 1 is 1.27 bits per heavy atom. The molecule has 1 heterocycles. The Morgan fingerprint density at radius 2 is 1.82 bits per heavy atom. The van der Waals surface area contributed by atoms with Crippen molar-refractivity contribution in [3.63, 3.8) is 0 Å². The van der Waals surface area contributed by atoms with Crippen LogP contribution in [0, 0.1) is 13.8 Å². The molecule has 0 saturated carbocycles. The molecule has 4 heteroatoms. The maximum atomic E-state index is 10.3. The number of hydrogen-bond donors (Lipinski definition) is 0. The van der Waals surface area contributed by atoms with Crippen molar-refractivity contribution in [1.29, 1.82) is 0 Å². The summed E-state index contributed by atoms with van der Waals surface area (Å²) in [5.74, 6) is 0. The highest BCUT2D eigenvalue weighted by Crippen LogP contribution is 2.10. The number of rotatable bonds is 1. The Bertz CT molecular complexity index is 299. The van der Waals surface area contributed by atoms with Crippen molar-refractivity contribution in [2.24, 2.45) is 0 Å². The molecule has 0 aromatic carbocycles. The van der Waals surface area contributed by atoms with Gasteiger partial charge in [0.1, 0.15) is 5.69 Å². The Morgan fingerprint density at radius 3 is 2.36 bits per heavy atom. The van der Waals surface area contributed by atoms with Crippen molar-refractivity contribution in [2.75, 3.05) is 0 Å². The first-order chi connectivity index (χ1) is 5.15. The molecule has 0 unspecified atom stereocenters.